The monoisotopic (exact) mass is 355 g/mol. The Labute approximate surface area is 151 Å². The van der Waals surface area contributed by atoms with Crippen molar-refractivity contribution in [3.05, 3.63) is 51.9 Å². The maximum atomic E-state index is 12.7. The lowest BCUT2D eigenvalue weighted by molar-refractivity contribution is 0.185. The molecule has 6 heteroatoms. The summed E-state index contributed by atoms with van der Waals surface area (Å²) in [6.07, 6.45) is 4.12. The zero-order chi connectivity index (χ0) is 17.6. The van der Waals surface area contributed by atoms with Crippen LogP contribution in [0.2, 0.25) is 0 Å². The first-order chi connectivity index (χ1) is 12.2. The van der Waals surface area contributed by atoms with Crippen LogP contribution in [-0.4, -0.2) is 29.2 Å². The van der Waals surface area contributed by atoms with Gasteiger partial charge >= 0.3 is 6.03 Å². The van der Waals surface area contributed by atoms with Crippen LogP contribution in [0.3, 0.4) is 0 Å². The number of urea groups is 1. The lowest BCUT2D eigenvalue weighted by Crippen LogP contribution is -2.36. The van der Waals surface area contributed by atoms with Gasteiger partial charge in [0.25, 0.3) is 0 Å². The van der Waals surface area contributed by atoms with E-state index in [1.807, 2.05) is 30.3 Å². The molecule has 2 aromatic rings. The van der Waals surface area contributed by atoms with E-state index in [4.69, 9.17) is 0 Å². The molecule has 0 aliphatic heterocycles. The first kappa shape index (κ1) is 17.5. The number of aliphatic hydroxyl groups is 1. The van der Waals surface area contributed by atoms with Gasteiger partial charge in [0.15, 0.2) is 0 Å². The summed E-state index contributed by atoms with van der Waals surface area (Å²) in [6.45, 7) is 0.556. The molecule has 130 valence electrons. The lowest BCUT2D eigenvalue weighted by Gasteiger charge is -2.22. The molecule has 0 saturated carbocycles. The third-order valence-corrected chi connectivity index (χ3v) is 5.58. The zero-order valence-corrected chi connectivity index (χ0v) is 14.8. The number of carbonyl (C=O) groups excluding carboxylic acids is 1. The molecule has 1 aliphatic carbocycles. The van der Waals surface area contributed by atoms with Gasteiger partial charge in [-0.2, -0.15) is 5.26 Å². The van der Waals surface area contributed by atoms with Crippen LogP contribution in [0.5, 0.6) is 0 Å². The molecule has 1 aromatic heterocycles. The van der Waals surface area contributed by atoms with Gasteiger partial charge in [0, 0.05) is 18.0 Å². The Balaban J connectivity index is 1.77. The number of fused-ring (bicyclic) bond motifs is 1. The van der Waals surface area contributed by atoms with E-state index in [2.05, 4.69) is 11.4 Å². The minimum atomic E-state index is -0.284. The van der Waals surface area contributed by atoms with E-state index in [0.717, 1.165) is 36.8 Å². The molecule has 5 nitrogen and oxygen atoms in total. The molecule has 0 fully saturated rings. The van der Waals surface area contributed by atoms with Gasteiger partial charge in [-0.25, -0.2) is 4.79 Å². The summed E-state index contributed by atoms with van der Waals surface area (Å²) in [6, 6.07) is 11.6. The van der Waals surface area contributed by atoms with Crippen molar-refractivity contribution < 1.29 is 9.90 Å². The standard InChI is InChI=1S/C19H21N3O2S/c20-12-16-15-8-4-5-9-17(15)25-18(16)21-19(24)22(10-11-23)13-14-6-2-1-3-7-14/h1-3,6-7,23H,4-5,8-11,13H2,(H,21,24). The Hall–Kier alpha value is -2.36. The molecule has 2 N–H and O–H groups in total. The molecule has 0 radical (unpaired) electrons. The summed E-state index contributed by atoms with van der Waals surface area (Å²) in [5.74, 6) is 0. The Kier molecular flexibility index (Phi) is 5.69. The SMILES string of the molecule is N#Cc1c(NC(=O)N(CCO)Cc2ccccc2)sc2c1CCCC2. The molecule has 2 amide bonds. The summed E-state index contributed by atoms with van der Waals surface area (Å²) < 4.78 is 0. The highest BCUT2D eigenvalue weighted by Gasteiger charge is 2.23. The highest BCUT2D eigenvalue weighted by Crippen LogP contribution is 2.37. The maximum absolute atomic E-state index is 12.7. The minimum Gasteiger partial charge on any atom is -0.395 e. The van der Waals surface area contributed by atoms with Crippen LogP contribution >= 0.6 is 11.3 Å². The van der Waals surface area contributed by atoms with Crippen molar-refractivity contribution in [1.82, 2.24) is 4.90 Å². The molecule has 1 aliphatic rings. The minimum absolute atomic E-state index is 0.105. The number of nitrogens with one attached hydrogen (secondary N) is 1. The second-order valence-corrected chi connectivity index (χ2v) is 7.19. The van der Waals surface area contributed by atoms with Gasteiger partial charge in [-0.05, 0) is 36.8 Å². The highest BCUT2D eigenvalue weighted by molar-refractivity contribution is 7.16. The fourth-order valence-electron chi connectivity index (χ4n) is 3.13. The molecule has 0 bridgehead atoms. The van der Waals surface area contributed by atoms with E-state index in [1.165, 1.54) is 16.2 Å². The predicted octanol–water partition coefficient (Wildman–Crippen LogP) is 3.52. The van der Waals surface area contributed by atoms with Gasteiger partial charge in [-0.3, -0.25) is 5.32 Å². The molecule has 0 spiro atoms. The summed E-state index contributed by atoms with van der Waals surface area (Å²) in [5.41, 5.74) is 2.71. The fraction of sp³-hybridized carbons (Fsp3) is 0.368. The first-order valence-corrected chi connectivity index (χ1v) is 9.30. The third-order valence-electron chi connectivity index (χ3n) is 4.38. The van der Waals surface area contributed by atoms with E-state index in [1.54, 1.807) is 4.90 Å². The third kappa shape index (κ3) is 4.01. The van der Waals surface area contributed by atoms with Crippen molar-refractivity contribution in [3.8, 4) is 6.07 Å². The molecule has 3 rings (SSSR count). The predicted molar refractivity (Wildman–Crippen MR) is 98.6 cm³/mol. The van der Waals surface area contributed by atoms with Gasteiger partial charge in [0.2, 0.25) is 0 Å². The average molecular weight is 355 g/mol. The van der Waals surface area contributed by atoms with Crippen LogP contribution in [0.15, 0.2) is 30.3 Å². The Morgan fingerprint density at radius 2 is 2.04 bits per heavy atom. The quantitative estimate of drug-likeness (QED) is 0.861. The van der Waals surface area contributed by atoms with Crippen LogP contribution < -0.4 is 5.32 Å². The summed E-state index contributed by atoms with van der Waals surface area (Å²) >= 11 is 1.51. The van der Waals surface area contributed by atoms with Gasteiger partial charge in [-0.1, -0.05) is 30.3 Å². The van der Waals surface area contributed by atoms with Crippen molar-refractivity contribution in [1.29, 1.82) is 5.26 Å². The number of thiophene rings is 1. The second-order valence-electron chi connectivity index (χ2n) is 6.09. The number of nitriles is 1. The summed E-state index contributed by atoms with van der Waals surface area (Å²) in [4.78, 5) is 15.5. The van der Waals surface area contributed by atoms with E-state index in [9.17, 15) is 15.2 Å². The largest absolute Gasteiger partial charge is 0.395 e. The van der Waals surface area contributed by atoms with Gasteiger partial charge < -0.3 is 10.0 Å². The number of hydrogen-bond acceptors (Lipinski definition) is 4. The second kappa shape index (κ2) is 8.15. The van der Waals surface area contributed by atoms with Crippen molar-refractivity contribution in [2.45, 2.75) is 32.2 Å². The fourth-order valence-corrected chi connectivity index (χ4v) is 4.35. The topological polar surface area (TPSA) is 76.4 Å². The first-order valence-electron chi connectivity index (χ1n) is 8.48. The number of rotatable bonds is 5. The molecular weight excluding hydrogens is 334 g/mol. The van der Waals surface area contributed by atoms with Crippen molar-refractivity contribution in [3.63, 3.8) is 0 Å². The van der Waals surface area contributed by atoms with Crippen molar-refractivity contribution in [2.24, 2.45) is 0 Å². The summed E-state index contributed by atoms with van der Waals surface area (Å²) in [7, 11) is 0. The number of carbonyl (C=O) groups is 1. The Morgan fingerprint density at radius 1 is 1.28 bits per heavy atom. The number of aliphatic hydroxyl groups excluding tert-OH is 1. The van der Waals surface area contributed by atoms with E-state index in [-0.39, 0.29) is 19.2 Å². The molecular formula is C19H21N3O2S. The molecule has 0 saturated heterocycles. The average Bonchev–Trinajstić information content (AvgIpc) is 2.99. The number of amides is 2. The van der Waals surface area contributed by atoms with Crippen LogP contribution in [0.25, 0.3) is 0 Å². The molecule has 1 aromatic carbocycles. The maximum Gasteiger partial charge on any atom is 0.322 e. The van der Waals surface area contributed by atoms with E-state index in [0.29, 0.717) is 17.1 Å². The van der Waals surface area contributed by atoms with E-state index < -0.39 is 0 Å². The van der Waals surface area contributed by atoms with Gasteiger partial charge in [0.1, 0.15) is 11.1 Å². The summed E-state index contributed by atoms with van der Waals surface area (Å²) in [5, 5.41) is 22.3. The molecule has 1 heterocycles. The highest BCUT2D eigenvalue weighted by atomic mass is 32.1. The van der Waals surface area contributed by atoms with Gasteiger partial charge in [0.05, 0.1) is 12.2 Å². The van der Waals surface area contributed by atoms with Gasteiger partial charge in [-0.15, -0.1) is 11.3 Å². The Morgan fingerprint density at radius 3 is 2.76 bits per heavy atom. The number of anilines is 1. The normalized spacial score (nSPS) is 13.0. The number of benzene rings is 1. The van der Waals surface area contributed by atoms with Crippen LogP contribution in [0, 0.1) is 11.3 Å². The number of nitrogens with zero attached hydrogens (tertiary/aromatic N) is 2. The lowest BCUT2D eigenvalue weighted by atomic mass is 9.96. The van der Waals surface area contributed by atoms with Crippen LogP contribution in [0.4, 0.5) is 9.80 Å². The van der Waals surface area contributed by atoms with Crippen molar-refractivity contribution in [2.75, 3.05) is 18.5 Å². The zero-order valence-electron chi connectivity index (χ0n) is 14.0. The number of hydrogen-bond donors (Lipinski definition) is 2. The molecule has 25 heavy (non-hydrogen) atoms. The number of aryl methyl sites for hydroxylation is 1. The van der Waals surface area contributed by atoms with E-state index >= 15 is 0 Å². The van der Waals surface area contributed by atoms with Crippen LogP contribution in [-0.2, 0) is 19.4 Å². The van der Waals surface area contributed by atoms with Crippen molar-refractivity contribution >= 4 is 22.4 Å². The Bertz CT molecular complexity index is 780. The molecule has 0 unspecified atom stereocenters. The van der Waals surface area contributed by atoms with Crippen LogP contribution in [0.1, 0.15) is 34.4 Å². The smallest absolute Gasteiger partial charge is 0.322 e. The molecule has 0 atom stereocenters.